The van der Waals surface area contributed by atoms with Crippen LogP contribution in [0.2, 0.25) is 0 Å². The normalized spacial score (nSPS) is 25.5. The number of fused-ring (bicyclic) bond motifs is 1. The number of allylic oxidation sites excluding steroid dienone is 4. The molecule has 0 bridgehead atoms. The first-order chi connectivity index (χ1) is 14.5. The van der Waals surface area contributed by atoms with Crippen molar-refractivity contribution in [2.75, 3.05) is 0 Å². The molecule has 0 radical (unpaired) electrons. The summed E-state index contributed by atoms with van der Waals surface area (Å²) >= 11 is 0. The molecular formula is C24H25F3N2O2. The summed E-state index contributed by atoms with van der Waals surface area (Å²) in [6.45, 7) is 3.75. The summed E-state index contributed by atoms with van der Waals surface area (Å²) < 4.78 is 42.4. The van der Waals surface area contributed by atoms with Gasteiger partial charge in [0.25, 0.3) is 0 Å². The molecule has 1 heterocycles. The minimum atomic E-state index is -4.61. The number of nitrogens with zero attached hydrogens (tertiary/aromatic N) is 2. The van der Waals surface area contributed by atoms with Crippen molar-refractivity contribution in [2.45, 2.75) is 57.7 Å². The van der Waals surface area contributed by atoms with Crippen LogP contribution in [0.3, 0.4) is 0 Å². The number of carboxylic acid groups (broad SMARTS) is 1. The van der Waals surface area contributed by atoms with Crippen molar-refractivity contribution < 1.29 is 23.1 Å². The van der Waals surface area contributed by atoms with Crippen LogP contribution in [0.1, 0.15) is 55.0 Å². The highest BCUT2D eigenvalue weighted by atomic mass is 19.4. The van der Waals surface area contributed by atoms with Gasteiger partial charge in [0.1, 0.15) is 0 Å². The smallest absolute Gasteiger partial charge is 0.449 e. The molecule has 1 aromatic carbocycles. The van der Waals surface area contributed by atoms with E-state index in [2.05, 4.69) is 24.1 Å². The number of rotatable bonds is 4. The standard InChI is InChI=1S/C24H25F3N2O2/c1-22(11-4-3-5-12-22)17-8-6-16(7-9-17)15-29-19-10-13-23(2,21(30)31)14-18(19)28-20(29)24(25,26)27/h3-9,11H,10,12-15H2,1-2H3,(H,30,31). The second kappa shape index (κ2) is 7.39. The Bertz CT molecular complexity index is 1070. The molecule has 0 fully saturated rings. The van der Waals surface area contributed by atoms with Crippen LogP contribution in [0.4, 0.5) is 13.2 Å². The second-order valence-corrected chi connectivity index (χ2v) is 9.06. The molecule has 4 nitrogen and oxygen atoms in total. The van der Waals surface area contributed by atoms with Crippen LogP contribution in [0, 0.1) is 5.41 Å². The van der Waals surface area contributed by atoms with E-state index in [-0.39, 0.29) is 36.9 Å². The Morgan fingerprint density at radius 2 is 1.90 bits per heavy atom. The van der Waals surface area contributed by atoms with E-state index < -0.39 is 23.4 Å². The minimum absolute atomic E-state index is 0.00485. The first-order valence-corrected chi connectivity index (χ1v) is 10.3. The van der Waals surface area contributed by atoms with Crippen LogP contribution in [-0.2, 0) is 35.8 Å². The Morgan fingerprint density at radius 1 is 1.19 bits per heavy atom. The van der Waals surface area contributed by atoms with Crippen molar-refractivity contribution in [1.29, 1.82) is 0 Å². The molecule has 1 N–H and O–H groups in total. The lowest BCUT2D eigenvalue weighted by Gasteiger charge is -2.29. The van der Waals surface area contributed by atoms with Crippen LogP contribution in [0.15, 0.2) is 48.6 Å². The average molecular weight is 430 g/mol. The molecule has 0 spiro atoms. The lowest BCUT2D eigenvalue weighted by molar-refractivity contribution is -0.148. The maximum atomic E-state index is 13.7. The SMILES string of the molecule is CC1(C(=O)O)CCc2c(nc(C(F)(F)F)n2Cc2ccc(C3(C)C=CC=CC3)cc2)C1. The van der Waals surface area contributed by atoms with Gasteiger partial charge < -0.3 is 9.67 Å². The lowest BCUT2D eigenvalue weighted by atomic mass is 9.76. The number of alkyl halides is 3. The van der Waals surface area contributed by atoms with Gasteiger partial charge in [-0.25, -0.2) is 4.98 Å². The number of halogens is 3. The first kappa shape index (κ1) is 21.4. The van der Waals surface area contributed by atoms with Crippen LogP contribution in [0.25, 0.3) is 0 Å². The van der Waals surface area contributed by atoms with E-state index in [0.717, 1.165) is 17.5 Å². The van der Waals surface area contributed by atoms with Gasteiger partial charge in [0, 0.05) is 24.1 Å². The van der Waals surface area contributed by atoms with Gasteiger partial charge in [0.15, 0.2) is 0 Å². The Morgan fingerprint density at radius 3 is 2.48 bits per heavy atom. The fraction of sp³-hybridized carbons (Fsp3) is 0.417. The molecule has 164 valence electrons. The summed E-state index contributed by atoms with van der Waals surface area (Å²) in [4.78, 5) is 15.4. The quantitative estimate of drug-likeness (QED) is 0.716. The number of benzene rings is 1. The molecule has 0 amide bonds. The largest absolute Gasteiger partial charge is 0.481 e. The van der Waals surface area contributed by atoms with Crippen LogP contribution < -0.4 is 0 Å². The van der Waals surface area contributed by atoms with E-state index in [9.17, 15) is 23.1 Å². The van der Waals surface area contributed by atoms with Gasteiger partial charge >= 0.3 is 12.1 Å². The van der Waals surface area contributed by atoms with Crippen molar-refractivity contribution in [2.24, 2.45) is 5.41 Å². The summed E-state index contributed by atoms with van der Waals surface area (Å²) in [7, 11) is 0. The number of carbonyl (C=O) groups is 1. The molecular weight excluding hydrogens is 405 g/mol. The number of imidazole rings is 1. The van der Waals surface area contributed by atoms with Crippen LogP contribution in [-0.4, -0.2) is 20.6 Å². The highest BCUT2D eigenvalue weighted by Crippen LogP contribution is 2.39. The zero-order chi connectivity index (χ0) is 22.4. The van der Waals surface area contributed by atoms with Crippen molar-refractivity contribution in [3.8, 4) is 0 Å². The van der Waals surface area contributed by atoms with Crippen molar-refractivity contribution in [3.63, 3.8) is 0 Å². The van der Waals surface area contributed by atoms with Crippen LogP contribution >= 0.6 is 0 Å². The van der Waals surface area contributed by atoms with E-state index >= 15 is 0 Å². The van der Waals surface area contributed by atoms with E-state index in [4.69, 9.17) is 0 Å². The molecule has 0 aliphatic heterocycles. The Balaban J connectivity index is 1.66. The fourth-order valence-corrected chi connectivity index (χ4v) is 4.49. The molecule has 0 saturated heterocycles. The topological polar surface area (TPSA) is 55.1 Å². The van der Waals surface area contributed by atoms with Crippen molar-refractivity contribution in [1.82, 2.24) is 9.55 Å². The van der Waals surface area contributed by atoms with E-state index in [1.54, 1.807) is 6.92 Å². The van der Waals surface area contributed by atoms with Crippen molar-refractivity contribution >= 4 is 5.97 Å². The number of carboxylic acids is 1. The fourth-order valence-electron chi connectivity index (χ4n) is 4.49. The van der Waals surface area contributed by atoms with Gasteiger partial charge in [-0.15, -0.1) is 0 Å². The molecule has 7 heteroatoms. The Labute approximate surface area is 179 Å². The summed E-state index contributed by atoms with van der Waals surface area (Å²) in [6.07, 6.45) is 5.07. The minimum Gasteiger partial charge on any atom is -0.481 e. The van der Waals surface area contributed by atoms with Gasteiger partial charge in [-0.3, -0.25) is 4.79 Å². The zero-order valence-corrected chi connectivity index (χ0v) is 17.5. The summed E-state index contributed by atoms with van der Waals surface area (Å²) in [5.41, 5.74) is 1.38. The predicted molar refractivity (Wildman–Crippen MR) is 111 cm³/mol. The van der Waals surface area contributed by atoms with Gasteiger partial charge in [-0.05, 0) is 37.3 Å². The molecule has 2 unspecified atom stereocenters. The molecule has 2 atom stereocenters. The third-order valence-electron chi connectivity index (χ3n) is 6.60. The third-order valence-corrected chi connectivity index (χ3v) is 6.60. The van der Waals surface area contributed by atoms with E-state index in [1.807, 2.05) is 36.4 Å². The first-order valence-electron chi connectivity index (χ1n) is 10.3. The second-order valence-electron chi connectivity index (χ2n) is 9.06. The summed E-state index contributed by atoms with van der Waals surface area (Å²) in [5, 5.41) is 9.48. The summed E-state index contributed by atoms with van der Waals surface area (Å²) in [6, 6.07) is 7.67. The maximum Gasteiger partial charge on any atom is 0.449 e. The van der Waals surface area contributed by atoms with E-state index in [1.165, 1.54) is 4.57 Å². The van der Waals surface area contributed by atoms with Crippen LogP contribution in [0.5, 0.6) is 0 Å². The maximum absolute atomic E-state index is 13.7. The number of aromatic nitrogens is 2. The monoisotopic (exact) mass is 430 g/mol. The summed E-state index contributed by atoms with van der Waals surface area (Å²) in [5.74, 6) is -1.96. The van der Waals surface area contributed by atoms with Gasteiger partial charge in [-0.2, -0.15) is 13.2 Å². The molecule has 4 rings (SSSR count). The molecule has 2 aliphatic rings. The third kappa shape index (κ3) is 3.93. The number of aliphatic carboxylic acids is 1. The highest BCUT2D eigenvalue weighted by Gasteiger charge is 2.44. The molecule has 2 aliphatic carbocycles. The molecule has 1 aromatic heterocycles. The van der Waals surface area contributed by atoms with Gasteiger partial charge in [-0.1, -0.05) is 55.5 Å². The molecule has 0 saturated carbocycles. The van der Waals surface area contributed by atoms with E-state index in [0.29, 0.717) is 5.69 Å². The number of hydrogen-bond donors (Lipinski definition) is 1. The lowest BCUT2D eigenvalue weighted by Crippen LogP contribution is -2.34. The molecule has 31 heavy (non-hydrogen) atoms. The molecule has 2 aromatic rings. The zero-order valence-electron chi connectivity index (χ0n) is 17.5. The number of hydrogen-bond acceptors (Lipinski definition) is 2. The Kier molecular flexibility index (Phi) is 5.10. The van der Waals surface area contributed by atoms with Crippen molar-refractivity contribution in [3.05, 3.63) is 76.9 Å². The van der Waals surface area contributed by atoms with Gasteiger partial charge in [0.05, 0.1) is 11.1 Å². The average Bonchev–Trinajstić information content (AvgIpc) is 3.06. The van der Waals surface area contributed by atoms with Gasteiger partial charge in [0.2, 0.25) is 5.82 Å². The Hall–Kier alpha value is -2.83. The predicted octanol–water partition coefficient (Wildman–Crippen LogP) is 5.30. The highest BCUT2D eigenvalue weighted by molar-refractivity contribution is 5.75.